The van der Waals surface area contributed by atoms with Crippen LogP contribution in [0.2, 0.25) is 0 Å². The van der Waals surface area contributed by atoms with E-state index in [0.717, 1.165) is 11.3 Å². The maximum absolute atomic E-state index is 12.2. The van der Waals surface area contributed by atoms with Gasteiger partial charge in [0.25, 0.3) is 5.91 Å². The highest BCUT2D eigenvalue weighted by atomic mass is 32.1. The molecule has 4 nitrogen and oxygen atoms in total. The van der Waals surface area contributed by atoms with E-state index < -0.39 is 5.54 Å². The van der Waals surface area contributed by atoms with E-state index in [1.807, 2.05) is 51.1 Å². The van der Waals surface area contributed by atoms with Crippen LogP contribution in [0, 0.1) is 6.92 Å². The quantitative estimate of drug-likeness (QED) is 0.892. The van der Waals surface area contributed by atoms with Crippen LogP contribution in [0.15, 0.2) is 35.8 Å². The molecule has 2 aromatic rings. The molecular weight excluding hydrogens is 284 g/mol. The molecule has 0 fully saturated rings. The van der Waals surface area contributed by atoms with Crippen molar-refractivity contribution < 1.29 is 9.53 Å². The van der Waals surface area contributed by atoms with Crippen molar-refractivity contribution >= 4 is 17.2 Å². The van der Waals surface area contributed by atoms with Gasteiger partial charge in [-0.1, -0.05) is 30.3 Å². The Morgan fingerprint density at radius 2 is 2.05 bits per heavy atom. The Hall–Kier alpha value is -1.72. The maximum atomic E-state index is 12.2. The molecule has 1 aromatic heterocycles. The van der Waals surface area contributed by atoms with Crippen LogP contribution in [-0.2, 0) is 11.3 Å². The monoisotopic (exact) mass is 304 g/mol. The molecule has 0 atom stereocenters. The summed E-state index contributed by atoms with van der Waals surface area (Å²) < 4.78 is 5.71. The Balaban J connectivity index is 1.84. The van der Waals surface area contributed by atoms with Gasteiger partial charge in [-0.15, -0.1) is 11.3 Å². The Kier molecular flexibility index (Phi) is 5.09. The summed E-state index contributed by atoms with van der Waals surface area (Å²) in [7, 11) is 0. The average Bonchev–Trinajstić information content (AvgIpc) is 2.85. The third kappa shape index (κ3) is 4.65. The van der Waals surface area contributed by atoms with Gasteiger partial charge >= 0.3 is 0 Å². The number of thiazole rings is 1. The summed E-state index contributed by atoms with van der Waals surface area (Å²) in [5.41, 5.74) is 3.14. The molecule has 1 aromatic carbocycles. The summed E-state index contributed by atoms with van der Waals surface area (Å²) in [6, 6.07) is 9.99. The zero-order valence-electron chi connectivity index (χ0n) is 12.6. The van der Waals surface area contributed by atoms with E-state index in [0.29, 0.717) is 18.1 Å². The molecule has 0 aliphatic rings. The van der Waals surface area contributed by atoms with Gasteiger partial charge in [0.15, 0.2) is 0 Å². The van der Waals surface area contributed by atoms with E-state index in [1.165, 1.54) is 11.3 Å². The van der Waals surface area contributed by atoms with Crippen molar-refractivity contribution in [2.24, 2.45) is 0 Å². The molecule has 0 aliphatic heterocycles. The van der Waals surface area contributed by atoms with Crippen LogP contribution in [0.4, 0.5) is 0 Å². The van der Waals surface area contributed by atoms with Crippen molar-refractivity contribution in [1.82, 2.24) is 10.3 Å². The number of rotatable bonds is 6. The first kappa shape index (κ1) is 15.7. The number of nitrogens with zero attached hydrogens (tertiary/aromatic N) is 1. The van der Waals surface area contributed by atoms with Gasteiger partial charge in [0.1, 0.15) is 4.88 Å². The summed E-state index contributed by atoms with van der Waals surface area (Å²) in [6.07, 6.45) is 0. The van der Waals surface area contributed by atoms with E-state index in [4.69, 9.17) is 4.74 Å². The molecule has 0 radical (unpaired) electrons. The zero-order chi connectivity index (χ0) is 15.3. The zero-order valence-corrected chi connectivity index (χ0v) is 13.4. The second kappa shape index (κ2) is 6.83. The normalized spacial score (nSPS) is 11.4. The number of ether oxygens (including phenoxy) is 1. The Bertz CT molecular complexity index is 593. The number of amides is 1. The third-order valence-electron chi connectivity index (χ3n) is 2.98. The van der Waals surface area contributed by atoms with Gasteiger partial charge < -0.3 is 10.1 Å². The number of hydrogen-bond acceptors (Lipinski definition) is 4. The van der Waals surface area contributed by atoms with Crippen LogP contribution < -0.4 is 5.32 Å². The van der Waals surface area contributed by atoms with Gasteiger partial charge in [0, 0.05) is 0 Å². The molecular formula is C16H20N2O2S. The molecule has 0 saturated heterocycles. The maximum Gasteiger partial charge on any atom is 0.263 e. The first-order valence-corrected chi connectivity index (χ1v) is 7.70. The Morgan fingerprint density at radius 3 is 2.67 bits per heavy atom. The van der Waals surface area contributed by atoms with E-state index in [-0.39, 0.29) is 5.91 Å². The lowest BCUT2D eigenvalue weighted by Gasteiger charge is -2.26. The molecule has 0 spiro atoms. The largest absolute Gasteiger partial charge is 0.374 e. The first-order chi connectivity index (χ1) is 9.98. The summed E-state index contributed by atoms with van der Waals surface area (Å²) >= 11 is 1.36. The molecule has 1 heterocycles. The second-order valence-corrected chi connectivity index (χ2v) is 6.44. The van der Waals surface area contributed by atoms with Gasteiger partial charge in [-0.05, 0) is 26.3 Å². The fraction of sp³-hybridized carbons (Fsp3) is 0.375. The van der Waals surface area contributed by atoms with Crippen LogP contribution in [0.3, 0.4) is 0 Å². The molecule has 1 N–H and O–H groups in total. The molecule has 0 aliphatic carbocycles. The van der Waals surface area contributed by atoms with E-state index in [1.54, 1.807) is 5.51 Å². The minimum Gasteiger partial charge on any atom is -0.374 e. The number of aromatic nitrogens is 1. The lowest BCUT2D eigenvalue weighted by Crippen LogP contribution is -2.46. The fourth-order valence-corrected chi connectivity index (χ4v) is 2.62. The van der Waals surface area contributed by atoms with E-state index >= 15 is 0 Å². The molecule has 0 unspecified atom stereocenters. The number of benzene rings is 1. The average molecular weight is 304 g/mol. The van der Waals surface area contributed by atoms with Crippen molar-refractivity contribution in [3.05, 3.63) is 52.0 Å². The third-order valence-corrected chi connectivity index (χ3v) is 3.91. The second-order valence-electron chi connectivity index (χ2n) is 5.58. The standard InChI is InChI=1S/C16H20N2O2S/c1-12-14(21-11-17-12)15(19)18-16(2,3)10-20-9-13-7-5-4-6-8-13/h4-8,11H,9-10H2,1-3H3,(H,18,19). The summed E-state index contributed by atoms with van der Waals surface area (Å²) in [4.78, 5) is 16.9. The van der Waals surface area contributed by atoms with Crippen LogP contribution in [-0.4, -0.2) is 23.0 Å². The Labute approximate surface area is 129 Å². The van der Waals surface area contributed by atoms with Crippen LogP contribution in [0.5, 0.6) is 0 Å². The summed E-state index contributed by atoms with van der Waals surface area (Å²) in [6.45, 7) is 6.73. The Morgan fingerprint density at radius 1 is 1.33 bits per heavy atom. The minimum atomic E-state index is -0.428. The fourth-order valence-electron chi connectivity index (χ4n) is 1.92. The van der Waals surface area contributed by atoms with Gasteiger partial charge in [0.2, 0.25) is 0 Å². The molecule has 5 heteroatoms. The van der Waals surface area contributed by atoms with E-state index in [9.17, 15) is 4.79 Å². The van der Waals surface area contributed by atoms with Crippen molar-refractivity contribution in [1.29, 1.82) is 0 Å². The lowest BCUT2D eigenvalue weighted by atomic mass is 10.1. The topological polar surface area (TPSA) is 51.2 Å². The molecule has 21 heavy (non-hydrogen) atoms. The van der Waals surface area contributed by atoms with Crippen LogP contribution >= 0.6 is 11.3 Å². The predicted molar refractivity (Wildman–Crippen MR) is 84.5 cm³/mol. The van der Waals surface area contributed by atoms with Gasteiger partial charge in [-0.25, -0.2) is 4.98 Å². The number of aryl methyl sites for hydroxylation is 1. The summed E-state index contributed by atoms with van der Waals surface area (Å²) in [5, 5.41) is 2.99. The predicted octanol–water partition coefficient (Wildman–Crippen LogP) is 3.18. The number of carbonyl (C=O) groups excluding carboxylic acids is 1. The number of hydrogen-bond donors (Lipinski definition) is 1. The SMILES string of the molecule is Cc1ncsc1C(=O)NC(C)(C)COCc1ccccc1. The van der Waals surface area contributed by atoms with Crippen LogP contribution in [0.25, 0.3) is 0 Å². The van der Waals surface area contributed by atoms with Crippen LogP contribution in [0.1, 0.15) is 34.8 Å². The molecule has 0 saturated carbocycles. The first-order valence-electron chi connectivity index (χ1n) is 6.82. The molecule has 0 bridgehead atoms. The van der Waals surface area contributed by atoms with E-state index in [2.05, 4.69) is 10.3 Å². The highest BCUT2D eigenvalue weighted by Gasteiger charge is 2.23. The minimum absolute atomic E-state index is 0.0942. The number of nitrogens with one attached hydrogen (secondary N) is 1. The lowest BCUT2D eigenvalue weighted by molar-refractivity contribution is 0.0618. The summed E-state index contributed by atoms with van der Waals surface area (Å²) in [5.74, 6) is -0.0942. The highest BCUT2D eigenvalue weighted by molar-refractivity contribution is 7.11. The van der Waals surface area contributed by atoms with Crippen molar-refractivity contribution in [3.63, 3.8) is 0 Å². The van der Waals surface area contributed by atoms with Crippen molar-refractivity contribution in [2.75, 3.05) is 6.61 Å². The molecule has 2 rings (SSSR count). The number of carbonyl (C=O) groups is 1. The van der Waals surface area contributed by atoms with Gasteiger partial charge in [-0.2, -0.15) is 0 Å². The van der Waals surface area contributed by atoms with Gasteiger partial charge in [0.05, 0.1) is 30.0 Å². The van der Waals surface area contributed by atoms with Crippen molar-refractivity contribution in [2.45, 2.75) is 32.9 Å². The smallest absolute Gasteiger partial charge is 0.263 e. The molecule has 1 amide bonds. The highest BCUT2D eigenvalue weighted by Crippen LogP contribution is 2.14. The molecule has 112 valence electrons. The van der Waals surface area contributed by atoms with Gasteiger partial charge in [-0.3, -0.25) is 4.79 Å². The van der Waals surface area contributed by atoms with Crippen molar-refractivity contribution in [3.8, 4) is 0 Å².